The van der Waals surface area contributed by atoms with Crippen LogP contribution in [0.4, 0.5) is 17.1 Å². The number of hydrogen-bond donors (Lipinski definition) is 3. The third-order valence-electron chi connectivity index (χ3n) is 3.30. The molecule has 0 fully saturated rings. The van der Waals surface area contributed by atoms with Crippen LogP contribution in [0.15, 0.2) is 42.5 Å². The monoisotopic (exact) mass is 315 g/mol. The molecule has 7 heteroatoms. The number of benzene rings is 2. The van der Waals surface area contributed by atoms with E-state index >= 15 is 0 Å². The molecule has 0 saturated carbocycles. The predicted octanol–water partition coefficient (Wildman–Crippen LogP) is 2.45. The SMILES string of the molecule is Cc1ccc(CO)cc1NC(=O)CNc1ccccc1[N+](=O)[O-]. The van der Waals surface area contributed by atoms with Gasteiger partial charge in [-0.15, -0.1) is 0 Å². The summed E-state index contributed by atoms with van der Waals surface area (Å²) in [6, 6.07) is 11.4. The Morgan fingerprint density at radius 1 is 1.22 bits per heavy atom. The molecule has 0 atom stereocenters. The summed E-state index contributed by atoms with van der Waals surface area (Å²) in [7, 11) is 0. The van der Waals surface area contributed by atoms with E-state index in [0.29, 0.717) is 11.3 Å². The Labute approximate surface area is 133 Å². The summed E-state index contributed by atoms with van der Waals surface area (Å²) in [5.41, 5.74) is 2.36. The normalized spacial score (nSPS) is 10.2. The van der Waals surface area contributed by atoms with Crippen LogP contribution in [-0.4, -0.2) is 22.5 Å². The van der Waals surface area contributed by atoms with Gasteiger partial charge < -0.3 is 15.7 Å². The van der Waals surface area contributed by atoms with Gasteiger partial charge in [0.05, 0.1) is 18.1 Å². The highest BCUT2D eigenvalue weighted by Crippen LogP contribution is 2.23. The van der Waals surface area contributed by atoms with Crippen molar-refractivity contribution in [2.24, 2.45) is 0 Å². The van der Waals surface area contributed by atoms with E-state index in [1.165, 1.54) is 6.07 Å². The van der Waals surface area contributed by atoms with Crippen LogP contribution in [0, 0.1) is 17.0 Å². The highest BCUT2D eigenvalue weighted by molar-refractivity contribution is 5.94. The topological polar surface area (TPSA) is 104 Å². The molecule has 120 valence electrons. The summed E-state index contributed by atoms with van der Waals surface area (Å²) in [5.74, 6) is -0.332. The third-order valence-corrected chi connectivity index (χ3v) is 3.30. The number of nitro benzene ring substituents is 1. The number of hydrogen-bond acceptors (Lipinski definition) is 5. The molecule has 0 unspecified atom stereocenters. The van der Waals surface area contributed by atoms with Crippen molar-refractivity contribution in [1.82, 2.24) is 0 Å². The summed E-state index contributed by atoms with van der Waals surface area (Å²) in [4.78, 5) is 22.4. The maximum absolute atomic E-state index is 12.0. The average Bonchev–Trinajstić information content (AvgIpc) is 2.55. The van der Waals surface area contributed by atoms with Crippen LogP contribution in [0.25, 0.3) is 0 Å². The third kappa shape index (κ3) is 4.27. The molecule has 0 aliphatic rings. The van der Waals surface area contributed by atoms with Gasteiger partial charge in [0.1, 0.15) is 5.69 Å². The minimum absolute atomic E-state index is 0.0845. The zero-order valence-corrected chi connectivity index (χ0v) is 12.6. The second-order valence-electron chi connectivity index (χ2n) is 4.98. The summed E-state index contributed by atoms with van der Waals surface area (Å²) < 4.78 is 0. The van der Waals surface area contributed by atoms with Crippen LogP contribution < -0.4 is 10.6 Å². The van der Waals surface area contributed by atoms with Crippen molar-refractivity contribution >= 4 is 23.0 Å². The maximum Gasteiger partial charge on any atom is 0.292 e. The number of aliphatic hydroxyl groups excluding tert-OH is 1. The predicted molar refractivity (Wildman–Crippen MR) is 87.3 cm³/mol. The van der Waals surface area contributed by atoms with Gasteiger partial charge in [-0.25, -0.2) is 0 Å². The van der Waals surface area contributed by atoms with Gasteiger partial charge in [-0.1, -0.05) is 24.3 Å². The number of para-hydroxylation sites is 2. The van der Waals surface area contributed by atoms with E-state index in [1.54, 1.807) is 36.4 Å². The van der Waals surface area contributed by atoms with Crippen molar-refractivity contribution in [1.29, 1.82) is 0 Å². The van der Waals surface area contributed by atoms with E-state index in [9.17, 15) is 14.9 Å². The number of rotatable bonds is 6. The molecule has 2 aromatic carbocycles. The summed E-state index contributed by atoms with van der Waals surface area (Å²) in [6.07, 6.45) is 0. The number of amides is 1. The van der Waals surface area contributed by atoms with E-state index in [4.69, 9.17) is 5.11 Å². The van der Waals surface area contributed by atoms with Crippen molar-refractivity contribution in [3.63, 3.8) is 0 Å². The number of carbonyl (C=O) groups excluding carboxylic acids is 1. The molecule has 0 aliphatic heterocycles. The molecule has 0 radical (unpaired) electrons. The second kappa shape index (κ2) is 7.37. The standard InChI is InChI=1S/C16H17N3O4/c1-11-6-7-12(10-20)8-14(11)18-16(21)9-17-13-4-2-3-5-15(13)19(22)23/h2-8,17,20H,9-10H2,1H3,(H,18,21). The van der Waals surface area contributed by atoms with Crippen molar-refractivity contribution < 1.29 is 14.8 Å². The van der Waals surface area contributed by atoms with Gasteiger partial charge in [-0.3, -0.25) is 14.9 Å². The van der Waals surface area contributed by atoms with Crippen molar-refractivity contribution in [2.75, 3.05) is 17.2 Å². The molecule has 0 aromatic heterocycles. The molecule has 23 heavy (non-hydrogen) atoms. The Kier molecular flexibility index (Phi) is 5.27. The van der Waals surface area contributed by atoms with Crippen LogP contribution in [0.1, 0.15) is 11.1 Å². The summed E-state index contributed by atoms with van der Waals surface area (Å²) >= 11 is 0. The lowest BCUT2D eigenvalue weighted by atomic mass is 10.1. The van der Waals surface area contributed by atoms with Gasteiger partial charge >= 0.3 is 0 Å². The molecule has 0 saturated heterocycles. The first-order chi connectivity index (χ1) is 11.0. The van der Waals surface area contributed by atoms with Crippen LogP contribution in [-0.2, 0) is 11.4 Å². The Bertz CT molecular complexity index is 731. The number of aryl methyl sites for hydroxylation is 1. The first-order valence-electron chi connectivity index (χ1n) is 6.99. The lowest BCUT2D eigenvalue weighted by Crippen LogP contribution is -2.22. The molecule has 1 amide bonds. The molecule has 7 nitrogen and oxygen atoms in total. The van der Waals surface area contributed by atoms with Crippen LogP contribution in [0.3, 0.4) is 0 Å². The number of aliphatic hydroxyl groups is 1. The largest absolute Gasteiger partial charge is 0.392 e. The highest BCUT2D eigenvalue weighted by Gasteiger charge is 2.13. The molecule has 0 heterocycles. The summed E-state index contributed by atoms with van der Waals surface area (Å²) in [6.45, 7) is 1.62. The minimum Gasteiger partial charge on any atom is -0.392 e. The van der Waals surface area contributed by atoms with E-state index in [0.717, 1.165) is 5.56 Å². The van der Waals surface area contributed by atoms with Gasteiger partial charge in [-0.2, -0.15) is 0 Å². The number of anilines is 2. The number of nitro groups is 1. The fourth-order valence-corrected chi connectivity index (χ4v) is 2.05. The first-order valence-corrected chi connectivity index (χ1v) is 6.99. The van der Waals surface area contributed by atoms with Gasteiger partial charge in [0.2, 0.25) is 5.91 Å². The van der Waals surface area contributed by atoms with Crippen molar-refractivity contribution in [2.45, 2.75) is 13.5 Å². The van der Waals surface area contributed by atoms with Gasteiger partial charge in [0.15, 0.2) is 0 Å². The van der Waals surface area contributed by atoms with Gasteiger partial charge in [0, 0.05) is 11.8 Å². The molecule has 2 aromatic rings. The van der Waals surface area contributed by atoms with E-state index < -0.39 is 4.92 Å². The number of carbonyl (C=O) groups is 1. The Hall–Kier alpha value is -2.93. The lowest BCUT2D eigenvalue weighted by Gasteiger charge is -2.11. The maximum atomic E-state index is 12.0. The van der Waals surface area contributed by atoms with E-state index in [1.807, 2.05) is 6.92 Å². The van der Waals surface area contributed by atoms with Gasteiger partial charge in [0.25, 0.3) is 5.69 Å². The number of nitrogens with zero attached hydrogens (tertiary/aromatic N) is 1. The summed E-state index contributed by atoms with van der Waals surface area (Å²) in [5, 5.41) is 25.5. The molecular formula is C16H17N3O4. The zero-order valence-electron chi connectivity index (χ0n) is 12.6. The van der Waals surface area contributed by atoms with Crippen LogP contribution >= 0.6 is 0 Å². The quantitative estimate of drug-likeness (QED) is 0.561. The average molecular weight is 315 g/mol. The fourth-order valence-electron chi connectivity index (χ4n) is 2.05. The molecular weight excluding hydrogens is 298 g/mol. The van der Waals surface area contributed by atoms with E-state index in [-0.39, 0.29) is 30.4 Å². The molecule has 2 rings (SSSR count). The lowest BCUT2D eigenvalue weighted by molar-refractivity contribution is -0.383. The van der Waals surface area contributed by atoms with Crippen molar-refractivity contribution in [3.05, 3.63) is 63.7 Å². The van der Waals surface area contributed by atoms with Gasteiger partial charge in [-0.05, 0) is 30.2 Å². The number of nitrogens with one attached hydrogen (secondary N) is 2. The van der Waals surface area contributed by atoms with E-state index in [2.05, 4.69) is 10.6 Å². The fraction of sp³-hybridized carbons (Fsp3) is 0.188. The smallest absolute Gasteiger partial charge is 0.292 e. The first kappa shape index (κ1) is 16.4. The molecule has 0 aliphatic carbocycles. The Morgan fingerprint density at radius 2 is 1.96 bits per heavy atom. The molecule has 3 N–H and O–H groups in total. The molecule has 0 bridgehead atoms. The van der Waals surface area contributed by atoms with Crippen molar-refractivity contribution in [3.8, 4) is 0 Å². The minimum atomic E-state index is -0.505. The Morgan fingerprint density at radius 3 is 2.65 bits per heavy atom. The second-order valence-corrected chi connectivity index (χ2v) is 4.98. The molecule has 0 spiro atoms. The van der Waals surface area contributed by atoms with Crippen LogP contribution in [0.2, 0.25) is 0 Å². The Balaban J connectivity index is 2.02. The van der Waals surface area contributed by atoms with Crippen LogP contribution in [0.5, 0.6) is 0 Å². The highest BCUT2D eigenvalue weighted by atomic mass is 16.6. The zero-order chi connectivity index (χ0) is 16.8.